The largest absolute Gasteiger partial charge is 0.464 e. The summed E-state index contributed by atoms with van der Waals surface area (Å²) in [4.78, 5) is 31.4. The number of amides is 1. The molecule has 1 atom stereocenters. The fourth-order valence-electron chi connectivity index (χ4n) is 2.93. The fourth-order valence-corrected chi connectivity index (χ4v) is 2.93. The molecule has 0 N–H and O–H groups in total. The summed E-state index contributed by atoms with van der Waals surface area (Å²) in [5, 5.41) is 0. The monoisotopic (exact) mass is 338 g/mol. The lowest BCUT2D eigenvalue weighted by molar-refractivity contribution is -0.148. The Morgan fingerprint density at radius 2 is 1.84 bits per heavy atom. The number of benzene rings is 1. The fraction of sp³-hybridized carbons (Fsp3) is 0.350. The van der Waals surface area contributed by atoms with Gasteiger partial charge in [-0.2, -0.15) is 0 Å². The number of carbonyl (C=O) groups is 2. The first-order valence-corrected chi connectivity index (χ1v) is 8.64. The third-order valence-electron chi connectivity index (χ3n) is 4.27. The van der Waals surface area contributed by atoms with Crippen molar-refractivity contribution in [2.24, 2.45) is 0 Å². The number of aromatic nitrogens is 1. The van der Waals surface area contributed by atoms with Crippen molar-refractivity contribution in [3.8, 4) is 0 Å². The van der Waals surface area contributed by atoms with E-state index in [-0.39, 0.29) is 17.9 Å². The number of esters is 1. The van der Waals surface area contributed by atoms with Crippen molar-refractivity contribution in [1.82, 2.24) is 9.88 Å². The average molecular weight is 338 g/mol. The molecule has 1 aliphatic rings. The van der Waals surface area contributed by atoms with Crippen LogP contribution in [0.5, 0.6) is 0 Å². The van der Waals surface area contributed by atoms with Crippen molar-refractivity contribution in [2.45, 2.75) is 38.3 Å². The van der Waals surface area contributed by atoms with Gasteiger partial charge in [-0.3, -0.25) is 9.78 Å². The standard InChI is InChI=1S/C20H22N2O3/c1-2-25-20(24)18(14-15-6-4-3-5-7-15)22(17-8-9-17)19(23)16-10-12-21-13-11-16/h3-7,10-13,17-18H,2,8-9,14H2,1H3. The van der Waals surface area contributed by atoms with E-state index in [1.807, 2.05) is 30.3 Å². The molecule has 0 bridgehead atoms. The molecular formula is C20H22N2O3. The van der Waals surface area contributed by atoms with Crippen molar-refractivity contribution in [1.29, 1.82) is 0 Å². The van der Waals surface area contributed by atoms with Gasteiger partial charge in [0.15, 0.2) is 0 Å². The van der Waals surface area contributed by atoms with E-state index in [4.69, 9.17) is 4.74 Å². The van der Waals surface area contributed by atoms with Crippen molar-refractivity contribution < 1.29 is 14.3 Å². The maximum absolute atomic E-state index is 13.1. The van der Waals surface area contributed by atoms with E-state index in [9.17, 15) is 9.59 Å². The van der Waals surface area contributed by atoms with Crippen LogP contribution in [-0.4, -0.2) is 40.5 Å². The molecular weight excluding hydrogens is 316 g/mol. The van der Waals surface area contributed by atoms with Crippen LogP contribution in [0.1, 0.15) is 35.7 Å². The van der Waals surface area contributed by atoms with Crippen molar-refractivity contribution >= 4 is 11.9 Å². The third-order valence-corrected chi connectivity index (χ3v) is 4.27. The molecule has 5 nitrogen and oxygen atoms in total. The van der Waals surface area contributed by atoms with Gasteiger partial charge in [-0.1, -0.05) is 30.3 Å². The molecule has 25 heavy (non-hydrogen) atoms. The molecule has 1 heterocycles. The van der Waals surface area contributed by atoms with E-state index < -0.39 is 6.04 Å². The highest BCUT2D eigenvalue weighted by molar-refractivity contribution is 5.97. The molecule has 1 aromatic carbocycles. The Kier molecular flexibility index (Phi) is 5.43. The summed E-state index contributed by atoms with van der Waals surface area (Å²) in [6, 6.07) is 12.6. The highest BCUT2D eigenvalue weighted by Gasteiger charge is 2.41. The Labute approximate surface area is 147 Å². The molecule has 1 aliphatic carbocycles. The first-order valence-electron chi connectivity index (χ1n) is 8.64. The maximum Gasteiger partial charge on any atom is 0.329 e. The van der Waals surface area contributed by atoms with Crippen LogP contribution in [0.3, 0.4) is 0 Å². The second-order valence-corrected chi connectivity index (χ2v) is 6.14. The predicted octanol–water partition coefficient (Wildman–Crippen LogP) is 2.86. The summed E-state index contributed by atoms with van der Waals surface area (Å²) in [6.07, 6.45) is 5.47. The van der Waals surface area contributed by atoms with Gasteiger partial charge in [0, 0.05) is 30.4 Å². The Balaban J connectivity index is 1.90. The minimum Gasteiger partial charge on any atom is -0.464 e. The van der Waals surface area contributed by atoms with E-state index in [0.717, 1.165) is 18.4 Å². The van der Waals surface area contributed by atoms with Crippen LogP contribution in [0, 0.1) is 0 Å². The average Bonchev–Trinajstić information content (AvgIpc) is 3.48. The van der Waals surface area contributed by atoms with Crippen LogP contribution < -0.4 is 0 Å². The summed E-state index contributed by atoms with van der Waals surface area (Å²) in [6.45, 7) is 2.08. The van der Waals surface area contributed by atoms with E-state index >= 15 is 0 Å². The van der Waals surface area contributed by atoms with Crippen molar-refractivity contribution in [3.63, 3.8) is 0 Å². The number of carbonyl (C=O) groups excluding carboxylic acids is 2. The highest BCUT2D eigenvalue weighted by atomic mass is 16.5. The second-order valence-electron chi connectivity index (χ2n) is 6.14. The van der Waals surface area contributed by atoms with E-state index in [1.165, 1.54) is 0 Å². The van der Waals surface area contributed by atoms with Crippen molar-refractivity contribution in [2.75, 3.05) is 6.61 Å². The molecule has 1 unspecified atom stereocenters. The van der Waals surface area contributed by atoms with Crippen LogP contribution in [0.4, 0.5) is 0 Å². The van der Waals surface area contributed by atoms with Gasteiger partial charge in [-0.25, -0.2) is 4.79 Å². The first-order chi connectivity index (χ1) is 12.2. The molecule has 0 radical (unpaired) electrons. The zero-order chi connectivity index (χ0) is 17.6. The summed E-state index contributed by atoms with van der Waals surface area (Å²) in [5.41, 5.74) is 1.55. The van der Waals surface area contributed by atoms with Gasteiger partial charge in [0.05, 0.1) is 6.61 Å². The molecule has 3 rings (SSSR count). The third kappa shape index (κ3) is 4.24. The number of hydrogen-bond donors (Lipinski definition) is 0. The van der Waals surface area contributed by atoms with Gasteiger partial charge in [0.25, 0.3) is 5.91 Å². The number of hydrogen-bond acceptors (Lipinski definition) is 4. The minimum atomic E-state index is -0.615. The summed E-state index contributed by atoms with van der Waals surface area (Å²) < 4.78 is 5.28. The Morgan fingerprint density at radius 1 is 1.16 bits per heavy atom. The van der Waals surface area contributed by atoms with Crippen LogP contribution >= 0.6 is 0 Å². The van der Waals surface area contributed by atoms with Gasteiger partial charge >= 0.3 is 5.97 Å². The van der Waals surface area contributed by atoms with E-state index in [1.54, 1.807) is 36.4 Å². The van der Waals surface area contributed by atoms with Gasteiger partial charge in [-0.05, 0) is 37.5 Å². The SMILES string of the molecule is CCOC(=O)C(Cc1ccccc1)N(C(=O)c1ccncc1)C1CC1. The summed E-state index contributed by atoms with van der Waals surface area (Å²) in [5.74, 6) is -0.487. The zero-order valence-corrected chi connectivity index (χ0v) is 14.3. The number of nitrogens with zero attached hydrogens (tertiary/aromatic N) is 2. The van der Waals surface area contributed by atoms with Gasteiger partial charge in [0.1, 0.15) is 6.04 Å². The summed E-state index contributed by atoms with van der Waals surface area (Å²) in [7, 11) is 0. The van der Waals surface area contributed by atoms with Crippen LogP contribution in [0.2, 0.25) is 0 Å². The lowest BCUT2D eigenvalue weighted by atomic mass is 10.0. The Bertz CT molecular complexity index is 714. The topological polar surface area (TPSA) is 59.5 Å². The Morgan fingerprint density at radius 3 is 2.44 bits per heavy atom. The minimum absolute atomic E-state index is 0.0961. The highest BCUT2D eigenvalue weighted by Crippen LogP contribution is 2.31. The van der Waals surface area contributed by atoms with Gasteiger partial charge in [0.2, 0.25) is 0 Å². The van der Waals surface area contributed by atoms with Crippen LogP contribution in [-0.2, 0) is 16.0 Å². The van der Waals surface area contributed by atoms with Crippen LogP contribution in [0.15, 0.2) is 54.9 Å². The zero-order valence-electron chi connectivity index (χ0n) is 14.3. The number of rotatable bonds is 7. The Hall–Kier alpha value is -2.69. The van der Waals surface area contributed by atoms with E-state index in [2.05, 4.69) is 4.98 Å². The maximum atomic E-state index is 13.1. The molecule has 0 saturated heterocycles. The second kappa shape index (κ2) is 7.92. The quantitative estimate of drug-likeness (QED) is 0.729. The van der Waals surface area contributed by atoms with Gasteiger partial charge in [-0.15, -0.1) is 0 Å². The van der Waals surface area contributed by atoms with Crippen LogP contribution in [0.25, 0.3) is 0 Å². The predicted molar refractivity (Wildman–Crippen MR) is 94.0 cm³/mol. The molecule has 0 spiro atoms. The lowest BCUT2D eigenvalue weighted by Gasteiger charge is -2.30. The van der Waals surface area contributed by atoms with Crippen molar-refractivity contribution in [3.05, 3.63) is 66.0 Å². The smallest absolute Gasteiger partial charge is 0.329 e. The normalized spacial score (nSPS) is 14.6. The van der Waals surface area contributed by atoms with Gasteiger partial charge < -0.3 is 9.64 Å². The molecule has 2 aromatic rings. The molecule has 130 valence electrons. The summed E-state index contributed by atoms with van der Waals surface area (Å²) >= 11 is 0. The molecule has 1 saturated carbocycles. The molecule has 1 fully saturated rings. The lowest BCUT2D eigenvalue weighted by Crippen LogP contribution is -2.48. The molecule has 5 heteroatoms. The first kappa shape index (κ1) is 17.1. The molecule has 1 aromatic heterocycles. The molecule has 1 amide bonds. The van der Waals surface area contributed by atoms with E-state index in [0.29, 0.717) is 18.6 Å². The molecule has 0 aliphatic heterocycles. The number of pyridine rings is 1. The number of ether oxygens (including phenoxy) is 1.